The van der Waals surface area contributed by atoms with Gasteiger partial charge in [-0.3, -0.25) is 9.69 Å². The van der Waals surface area contributed by atoms with Crippen LogP contribution in [0.3, 0.4) is 0 Å². The van der Waals surface area contributed by atoms with Crippen molar-refractivity contribution in [1.29, 1.82) is 0 Å². The molecule has 1 aliphatic heterocycles. The van der Waals surface area contributed by atoms with E-state index in [2.05, 4.69) is 29.3 Å². The lowest BCUT2D eigenvalue weighted by molar-refractivity contribution is -0.125. The molecule has 22 heavy (non-hydrogen) atoms. The molecule has 0 bridgehead atoms. The Morgan fingerprint density at radius 1 is 1.36 bits per heavy atom. The number of ether oxygens (including phenoxy) is 1. The van der Waals surface area contributed by atoms with E-state index in [-0.39, 0.29) is 11.9 Å². The molecule has 2 rings (SSSR count). The molecule has 5 heteroatoms. The van der Waals surface area contributed by atoms with Gasteiger partial charge in [-0.15, -0.1) is 0 Å². The van der Waals surface area contributed by atoms with Crippen LogP contribution in [0.2, 0.25) is 0 Å². The summed E-state index contributed by atoms with van der Waals surface area (Å²) in [5.74, 6) is 2.05. The van der Waals surface area contributed by atoms with E-state index >= 15 is 0 Å². The van der Waals surface area contributed by atoms with Gasteiger partial charge < -0.3 is 10.1 Å². The third-order valence-corrected chi connectivity index (χ3v) is 5.38. The Bertz CT molecular complexity index is 478. The normalized spacial score (nSPS) is 21.8. The minimum atomic E-state index is 0.0401. The first kappa shape index (κ1) is 17.2. The van der Waals surface area contributed by atoms with Crippen LogP contribution in [0.4, 0.5) is 0 Å². The Hall–Kier alpha value is -1.20. The number of methoxy groups -OCH3 is 1. The van der Waals surface area contributed by atoms with E-state index in [0.29, 0.717) is 11.8 Å². The summed E-state index contributed by atoms with van der Waals surface area (Å²) in [5, 5.41) is 3.48. The average molecular weight is 322 g/mol. The van der Waals surface area contributed by atoms with Gasteiger partial charge in [-0.05, 0) is 37.6 Å². The highest BCUT2D eigenvalue weighted by atomic mass is 32.2. The number of nitrogens with zero attached hydrogens (tertiary/aromatic N) is 1. The average Bonchev–Trinajstić information content (AvgIpc) is 2.97. The van der Waals surface area contributed by atoms with Crippen molar-refractivity contribution < 1.29 is 9.53 Å². The molecule has 1 amide bonds. The second kappa shape index (κ2) is 8.44. The number of hydrogen-bond acceptors (Lipinski definition) is 4. The Morgan fingerprint density at radius 3 is 2.68 bits per heavy atom. The predicted octanol–water partition coefficient (Wildman–Crippen LogP) is 2.53. The number of amides is 1. The van der Waals surface area contributed by atoms with Crippen LogP contribution >= 0.6 is 11.8 Å². The minimum absolute atomic E-state index is 0.0401. The van der Waals surface area contributed by atoms with Gasteiger partial charge in [0.2, 0.25) is 5.91 Å². The number of carbonyl (C=O) groups excluding carboxylic acids is 1. The van der Waals surface area contributed by atoms with Crippen molar-refractivity contribution in [3.8, 4) is 5.75 Å². The molecule has 0 radical (unpaired) electrons. The molecule has 1 saturated heterocycles. The molecule has 0 saturated carbocycles. The van der Waals surface area contributed by atoms with Crippen molar-refractivity contribution >= 4 is 17.7 Å². The molecular weight excluding hydrogens is 296 g/mol. The first-order valence-corrected chi connectivity index (χ1v) is 8.99. The minimum Gasteiger partial charge on any atom is -0.497 e. The van der Waals surface area contributed by atoms with Gasteiger partial charge in [0.25, 0.3) is 0 Å². The number of benzene rings is 1. The maximum absolute atomic E-state index is 12.1. The summed E-state index contributed by atoms with van der Waals surface area (Å²) in [6.07, 6.45) is 0.945. The summed E-state index contributed by atoms with van der Waals surface area (Å²) < 4.78 is 5.18. The van der Waals surface area contributed by atoms with Crippen LogP contribution in [0.25, 0.3) is 0 Å². The number of rotatable bonds is 7. The molecule has 0 aromatic heterocycles. The predicted molar refractivity (Wildman–Crippen MR) is 92.4 cm³/mol. The van der Waals surface area contributed by atoms with Crippen LogP contribution in [0.15, 0.2) is 24.3 Å². The molecule has 0 unspecified atom stereocenters. The molecule has 122 valence electrons. The molecule has 0 aliphatic carbocycles. The monoisotopic (exact) mass is 322 g/mol. The van der Waals surface area contributed by atoms with Crippen LogP contribution in [0.1, 0.15) is 25.8 Å². The van der Waals surface area contributed by atoms with E-state index in [1.54, 1.807) is 7.11 Å². The zero-order chi connectivity index (χ0) is 15.9. The molecule has 2 atom stereocenters. The Balaban J connectivity index is 1.86. The van der Waals surface area contributed by atoms with Gasteiger partial charge in [0.15, 0.2) is 0 Å². The number of carbonyl (C=O) groups is 1. The second-order valence-electron chi connectivity index (χ2n) is 5.51. The Kier molecular flexibility index (Phi) is 6.58. The molecular formula is C17H26N2O2S. The largest absolute Gasteiger partial charge is 0.497 e. The van der Waals surface area contributed by atoms with E-state index < -0.39 is 0 Å². The van der Waals surface area contributed by atoms with Crippen LogP contribution in [0, 0.1) is 0 Å². The summed E-state index contributed by atoms with van der Waals surface area (Å²) in [6.45, 7) is 6.73. The SMILES string of the molecule is CCNC(=O)[C@@H]1C[C@H](SCc2ccc(OC)cc2)CN1CC. The van der Waals surface area contributed by atoms with Crippen molar-refractivity contribution in [2.45, 2.75) is 37.3 Å². The quantitative estimate of drug-likeness (QED) is 0.837. The number of thioether (sulfide) groups is 1. The van der Waals surface area contributed by atoms with Crippen molar-refractivity contribution in [3.63, 3.8) is 0 Å². The van der Waals surface area contributed by atoms with Crippen LogP contribution in [-0.4, -0.2) is 48.8 Å². The van der Waals surface area contributed by atoms with Crippen LogP contribution in [-0.2, 0) is 10.5 Å². The van der Waals surface area contributed by atoms with Crippen LogP contribution in [0.5, 0.6) is 5.75 Å². The Morgan fingerprint density at radius 2 is 2.09 bits per heavy atom. The summed E-state index contributed by atoms with van der Waals surface area (Å²) in [4.78, 5) is 14.4. The van der Waals surface area contributed by atoms with Gasteiger partial charge in [0.05, 0.1) is 13.2 Å². The molecule has 1 aromatic rings. The van der Waals surface area contributed by atoms with Crippen molar-refractivity contribution in [2.75, 3.05) is 26.7 Å². The third-order valence-electron chi connectivity index (χ3n) is 4.07. The zero-order valence-corrected chi connectivity index (χ0v) is 14.5. The molecule has 4 nitrogen and oxygen atoms in total. The molecule has 0 spiro atoms. The van der Waals surface area contributed by atoms with Gasteiger partial charge in [-0.1, -0.05) is 19.1 Å². The first-order valence-electron chi connectivity index (χ1n) is 7.94. The van der Waals surface area contributed by atoms with Gasteiger partial charge in [0.1, 0.15) is 5.75 Å². The van der Waals surface area contributed by atoms with Crippen molar-refractivity contribution in [1.82, 2.24) is 10.2 Å². The van der Waals surface area contributed by atoms with E-state index in [1.165, 1.54) is 5.56 Å². The zero-order valence-electron chi connectivity index (χ0n) is 13.7. The highest BCUT2D eigenvalue weighted by Crippen LogP contribution is 2.30. The molecule has 1 aromatic carbocycles. The summed E-state index contributed by atoms with van der Waals surface area (Å²) in [7, 11) is 1.68. The maximum atomic E-state index is 12.1. The van der Waals surface area contributed by atoms with E-state index in [9.17, 15) is 4.79 Å². The first-order chi connectivity index (χ1) is 10.7. The lowest BCUT2D eigenvalue weighted by Gasteiger charge is -2.21. The second-order valence-corrected chi connectivity index (χ2v) is 6.80. The van der Waals surface area contributed by atoms with Crippen molar-refractivity contribution in [2.24, 2.45) is 0 Å². The molecule has 1 fully saturated rings. The maximum Gasteiger partial charge on any atom is 0.237 e. The number of nitrogens with one attached hydrogen (secondary N) is 1. The molecule has 1 N–H and O–H groups in total. The molecule has 1 aliphatic rings. The van der Waals surface area contributed by atoms with Gasteiger partial charge >= 0.3 is 0 Å². The van der Waals surface area contributed by atoms with Gasteiger partial charge in [-0.25, -0.2) is 0 Å². The smallest absolute Gasteiger partial charge is 0.237 e. The fourth-order valence-corrected chi connectivity index (χ4v) is 4.07. The van der Waals surface area contributed by atoms with Gasteiger partial charge in [0, 0.05) is 24.1 Å². The van der Waals surface area contributed by atoms with E-state index in [0.717, 1.165) is 31.0 Å². The molecule has 1 heterocycles. The van der Waals surface area contributed by atoms with E-state index in [4.69, 9.17) is 4.74 Å². The number of hydrogen-bond donors (Lipinski definition) is 1. The topological polar surface area (TPSA) is 41.6 Å². The van der Waals surface area contributed by atoms with Crippen LogP contribution < -0.4 is 10.1 Å². The lowest BCUT2D eigenvalue weighted by Crippen LogP contribution is -2.42. The lowest BCUT2D eigenvalue weighted by atomic mass is 10.2. The van der Waals surface area contributed by atoms with E-state index in [1.807, 2.05) is 30.8 Å². The number of likely N-dealkylation sites (tertiary alicyclic amines) is 1. The highest BCUT2D eigenvalue weighted by molar-refractivity contribution is 7.99. The summed E-state index contributed by atoms with van der Waals surface area (Å²) in [6, 6.07) is 8.26. The summed E-state index contributed by atoms with van der Waals surface area (Å²) in [5.41, 5.74) is 1.30. The van der Waals surface area contributed by atoms with Crippen molar-refractivity contribution in [3.05, 3.63) is 29.8 Å². The fourth-order valence-electron chi connectivity index (χ4n) is 2.83. The third kappa shape index (κ3) is 4.40. The standard InChI is InChI=1S/C17H26N2O2S/c1-4-18-17(20)16-10-15(11-19(16)5-2)22-12-13-6-8-14(21-3)9-7-13/h6-9,15-16H,4-5,10-12H2,1-3H3,(H,18,20)/t15-,16-/m0/s1. The van der Waals surface area contributed by atoms with Gasteiger partial charge in [-0.2, -0.15) is 11.8 Å². The fraction of sp³-hybridized carbons (Fsp3) is 0.588. The Labute approximate surface area is 137 Å². The highest BCUT2D eigenvalue weighted by Gasteiger charge is 2.35. The number of likely N-dealkylation sites (N-methyl/N-ethyl adjacent to an activating group) is 2. The summed E-state index contributed by atoms with van der Waals surface area (Å²) >= 11 is 1.95.